The molecule has 0 aliphatic carbocycles. The molecule has 0 saturated carbocycles. The van der Waals surface area contributed by atoms with Crippen LogP contribution in [0.25, 0.3) is 0 Å². The summed E-state index contributed by atoms with van der Waals surface area (Å²) in [6.07, 6.45) is 1.51. The van der Waals surface area contributed by atoms with Gasteiger partial charge in [0.25, 0.3) is 5.91 Å². The Labute approximate surface area is 125 Å². The highest BCUT2D eigenvalue weighted by molar-refractivity contribution is 9.10. The van der Waals surface area contributed by atoms with Gasteiger partial charge in [-0.25, -0.2) is 4.98 Å². The highest BCUT2D eigenvalue weighted by Crippen LogP contribution is 2.19. The predicted octanol–water partition coefficient (Wildman–Crippen LogP) is 2.05. The molecule has 0 saturated heterocycles. The lowest BCUT2D eigenvalue weighted by Gasteiger charge is -2.22. The lowest BCUT2D eigenvalue weighted by Crippen LogP contribution is -2.40. The molecule has 0 unspecified atom stereocenters. The molecule has 0 bridgehead atoms. The van der Waals surface area contributed by atoms with Crippen molar-refractivity contribution in [1.82, 2.24) is 14.8 Å². The summed E-state index contributed by atoms with van der Waals surface area (Å²) in [7, 11) is 3.29. The van der Waals surface area contributed by atoms with Crippen molar-refractivity contribution in [3.05, 3.63) is 27.5 Å². The van der Waals surface area contributed by atoms with Gasteiger partial charge in [0.05, 0.1) is 12.1 Å². The maximum atomic E-state index is 12.3. The summed E-state index contributed by atoms with van der Waals surface area (Å²) < 4.78 is 0.662. The number of hydrogen-bond donors (Lipinski definition) is 0. The standard InChI is InChI=1S/C12H15BrClN3O2/c1-4-17(7-10(18)16(2)3)12(19)9-5-8(13)6-15-11(9)14/h5-6H,4,7H2,1-3H3. The van der Waals surface area contributed by atoms with E-state index in [4.69, 9.17) is 11.6 Å². The highest BCUT2D eigenvalue weighted by atomic mass is 79.9. The number of carbonyl (C=O) groups is 2. The van der Waals surface area contributed by atoms with E-state index in [1.807, 2.05) is 0 Å². The van der Waals surface area contributed by atoms with Crippen molar-refractivity contribution in [2.24, 2.45) is 0 Å². The first kappa shape index (κ1) is 15.9. The van der Waals surface area contributed by atoms with Gasteiger partial charge in [-0.05, 0) is 28.9 Å². The number of likely N-dealkylation sites (N-methyl/N-ethyl adjacent to an activating group) is 2. The third-order valence-corrected chi connectivity index (χ3v) is 3.26. The number of nitrogens with zero attached hydrogens (tertiary/aromatic N) is 3. The molecule has 0 aliphatic rings. The SMILES string of the molecule is CCN(CC(=O)N(C)C)C(=O)c1cc(Br)cnc1Cl. The van der Waals surface area contributed by atoms with Crippen molar-refractivity contribution >= 4 is 39.3 Å². The molecular weight excluding hydrogens is 334 g/mol. The molecule has 0 N–H and O–H groups in total. The van der Waals surface area contributed by atoms with Gasteiger partial charge in [-0.2, -0.15) is 0 Å². The number of pyridine rings is 1. The van der Waals surface area contributed by atoms with E-state index in [1.54, 1.807) is 27.1 Å². The Kier molecular flexibility index (Phi) is 5.75. The van der Waals surface area contributed by atoms with Crippen molar-refractivity contribution in [3.8, 4) is 0 Å². The van der Waals surface area contributed by atoms with Gasteiger partial charge in [-0.3, -0.25) is 9.59 Å². The zero-order valence-corrected chi connectivity index (χ0v) is 13.3. The van der Waals surface area contributed by atoms with Gasteiger partial charge in [-0.1, -0.05) is 11.6 Å². The minimum absolute atomic E-state index is 0.0190. The summed E-state index contributed by atoms with van der Waals surface area (Å²) in [6.45, 7) is 2.24. The Hall–Kier alpha value is -1.14. The van der Waals surface area contributed by atoms with Gasteiger partial charge in [-0.15, -0.1) is 0 Å². The fourth-order valence-electron chi connectivity index (χ4n) is 1.37. The average molecular weight is 349 g/mol. The van der Waals surface area contributed by atoms with Crippen LogP contribution in [0.1, 0.15) is 17.3 Å². The number of rotatable bonds is 4. The largest absolute Gasteiger partial charge is 0.347 e. The summed E-state index contributed by atoms with van der Waals surface area (Å²) in [6, 6.07) is 1.60. The van der Waals surface area contributed by atoms with Gasteiger partial charge in [0, 0.05) is 31.3 Å². The van der Waals surface area contributed by atoms with Crippen LogP contribution in [0, 0.1) is 0 Å². The molecular formula is C12H15BrClN3O2. The third kappa shape index (κ3) is 4.18. The Morgan fingerprint density at radius 2 is 2.05 bits per heavy atom. The van der Waals surface area contributed by atoms with Gasteiger partial charge < -0.3 is 9.80 Å². The summed E-state index contributed by atoms with van der Waals surface area (Å²) in [5.41, 5.74) is 0.282. The molecule has 1 rings (SSSR count). The second kappa shape index (κ2) is 6.86. The fourth-order valence-corrected chi connectivity index (χ4v) is 1.89. The first-order valence-electron chi connectivity index (χ1n) is 5.67. The molecule has 2 amide bonds. The summed E-state index contributed by atoms with van der Waals surface area (Å²) >= 11 is 9.16. The lowest BCUT2D eigenvalue weighted by atomic mass is 10.2. The van der Waals surface area contributed by atoms with E-state index in [-0.39, 0.29) is 29.1 Å². The van der Waals surface area contributed by atoms with Crippen LogP contribution in [-0.2, 0) is 4.79 Å². The smallest absolute Gasteiger partial charge is 0.257 e. The molecule has 0 aliphatic heterocycles. The second-order valence-corrected chi connectivity index (χ2v) is 5.37. The quantitative estimate of drug-likeness (QED) is 0.783. The van der Waals surface area contributed by atoms with Crippen molar-refractivity contribution in [1.29, 1.82) is 0 Å². The number of amides is 2. The maximum Gasteiger partial charge on any atom is 0.257 e. The second-order valence-electron chi connectivity index (χ2n) is 4.10. The Morgan fingerprint density at radius 3 is 2.58 bits per heavy atom. The molecule has 0 fully saturated rings. The molecule has 1 aromatic heterocycles. The lowest BCUT2D eigenvalue weighted by molar-refractivity contribution is -0.129. The van der Waals surface area contributed by atoms with Crippen LogP contribution in [0.15, 0.2) is 16.7 Å². The Bertz CT molecular complexity index is 494. The number of halogens is 2. The van der Waals surface area contributed by atoms with E-state index in [2.05, 4.69) is 20.9 Å². The fraction of sp³-hybridized carbons (Fsp3) is 0.417. The van der Waals surface area contributed by atoms with E-state index in [9.17, 15) is 9.59 Å². The molecule has 7 heteroatoms. The predicted molar refractivity (Wildman–Crippen MR) is 77.2 cm³/mol. The van der Waals surface area contributed by atoms with E-state index >= 15 is 0 Å². The highest BCUT2D eigenvalue weighted by Gasteiger charge is 2.21. The Balaban J connectivity index is 2.95. The molecule has 1 heterocycles. The van der Waals surface area contributed by atoms with Crippen LogP contribution in [0.2, 0.25) is 5.15 Å². The molecule has 5 nitrogen and oxygen atoms in total. The van der Waals surface area contributed by atoms with Gasteiger partial charge in [0.15, 0.2) is 0 Å². The topological polar surface area (TPSA) is 53.5 Å². The molecule has 104 valence electrons. The van der Waals surface area contributed by atoms with Crippen molar-refractivity contribution in [3.63, 3.8) is 0 Å². The average Bonchev–Trinajstić information content (AvgIpc) is 2.37. The van der Waals surface area contributed by atoms with Gasteiger partial charge >= 0.3 is 0 Å². The van der Waals surface area contributed by atoms with Gasteiger partial charge in [0.1, 0.15) is 5.15 Å². The molecule has 0 spiro atoms. The van der Waals surface area contributed by atoms with Crippen molar-refractivity contribution in [2.45, 2.75) is 6.92 Å². The zero-order chi connectivity index (χ0) is 14.6. The van der Waals surface area contributed by atoms with Crippen LogP contribution in [0.5, 0.6) is 0 Å². The third-order valence-electron chi connectivity index (χ3n) is 2.53. The van der Waals surface area contributed by atoms with Crippen LogP contribution < -0.4 is 0 Å². The molecule has 1 aromatic rings. The van der Waals surface area contributed by atoms with E-state index in [0.29, 0.717) is 11.0 Å². The van der Waals surface area contributed by atoms with Crippen LogP contribution in [-0.4, -0.2) is 53.8 Å². The monoisotopic (exact) mass is 347 g/mol. The minimum atomic E-state index is -0.309. The Morgan fingerprint density at radius 1 is 1.42 bits per heavy atom. The van der Waals surface area contributed by atoms with E-state index in [0.717, 1.165) is 0 Å². The van der Waals surface area contributed by atoms with Crippen LogP contribution in [0.4, 0.5) is 0 Å². The minimum Gasteiger partial charge on any atom is -0.347 e. The van der Waals surface area contributed by atoms with E-state index < -0.39 is 0 Å². The van der Waals surface area contributed by atoms with Gasteiger partial charge in [0.2, 0.25) is 5.91 Å². The first-order chi connectivity index (χ1) is 8.86. The van der Waals surface area contributed by atoms with Crippen molar-refractivity contribution in [2.75, 3.05) is 27.2 Å². The summed E-state index contributed by atoms with van der Waals surface area (Å²) in [5.74, 6) is -0.453. The van der Waals surface area contributed by atoms with Crippen LogP contribution in [0.3, 0.4) is 0 Å². The molecule has 0 aromatic carbocycles. The summed E-state index contributed by atoms with van der Waals surface area (Å²) in [5, 5.41) is 0.129. The number of aromatic nitrogens is 1. The molecule has 19 heavy (non-hydrogen) atoms. The molecule has 0 atom stereocenters. The number of hydrogen-bond acceptors (Lipinski definition) is 3. The normalized spacial score (nSPS) is 10.2. The number of carbonyl (C=O) groups excluding carboxylic acids is 2. The molecule has 0 radical (unpaired) electrons. The van der Waals surface area contributed by atoms with Crippen LogP contribution >= 0.6 is 27.5 Å². The first-order valence-corrected chi connectivity index (χ1v) is 6.84. The summed E-state index contributed by atoms with van der Waals surface area (Å²) in [4.78, 5) is 30.8. The van der Waals surface area contributed by atoms with Crippen molar-refractivity contribution < 1.29 is 9.59 Å². The zero-order valence-electron chi connectivity index (χ0n) is 11.0. The van der Waals surface area contributed by atoms with E-state index in [1.165, 1.54) is 16.0 Å². The maximum absolute atomic E-state index is 12.3.